The highest BCUT2D eigenvalue weighted by Gasteiger charge is 2.13. The highest BCUT2D eigenvalue weighted by atomic mass is 19.1. The van der Waals surface area contributed by atoms with E-state index in [1.807, 2.05) is 0 Å². The molecule has 1 aromatic carbocycles. The molecule has 0 spiro atoms. The first kappa shape index (κ1) is 11.7. The van der Waals surface area contributed by atoms with E-state index in [-0.39, 0.29) is 18.2 Å². The van der Waals surface area contributed by atoms with Gasteiger partial charge in [-0.05, 0) is 31.2 Å². The van der Waals surface area contributed by atoms with Crippen LogP contribution in [0.2, 0.25) is 0 Å². The number of benzene rings is 1. The van der Waals surface area contributed by atoms with E-state index in [0.717, 1.165) is 0 Å². The van der Waals surface area contributed by atoms with Crippen molar-refractivity contribution in [3.8, 4) is 5.75 Å². The van der Waals surface area contributed by atoms with Gasteiger partial charge in [0, 0.05) is 7.11 Å². The highest BCUT2D eigenvalue weighted by Crippen LogP contribution is 2.13. The van der Waals surface area contributed by atoms with Gasteiger partial charge in [-0.3, -0.25) is 4.79 Å². The number of carbonyl (C=O) groups is 1. The molecular weight excluding hydrogens is 199 g/mol. The lowest BCUT2D eigenvalue weighted by molar-refractivity contribution is -0.128. The lowest BCUT2D eigenvalue weighted by atomic mass is 10.2. The quantitative estimate of drug-likeness (QED) is 0.746. The Morgan fingerprint density at radius 3 is 2.53 bits per heavy atom. The summed E-state index contributed by atoms with van der Waals surface area (Å²) in [5, 5.41) is 0. The number of ketones is 1. The Morgan fingerprint density at radius 1 is 1.40 bits per heavy atom. The minimum Gasteiger partial charge on any atom is -0.483 e. The largest absolute Gasteiger partial charge is 0.483 e. The van der Waals surface area contributed by atoms with Crippen molar-refractivity contribution in [2.24, 2.45) is 0 Å². The maximum absolute atomic E-state index is 12.6. The van der Waals surface area contributed by atoms with E-state index in [2.05, 4.69) is 0 Å². The Balaban J connectivity index is 2.54. The summed E-state index contributed by atoms with van der Waals surface area (Å²) in [4.78, 5) is 11.3. The first-order valence-electron chi connectivity index (χ1n) is 4.57. The minimum absolute atomic E-state index is 0.0162. The van der Waals surface area contributed by atoms with Gasteiger partial charge in [0.2, 0.25) is 0 Å². The van der Waals surface area contributed by atoms with Crippen LogP contribution in [0, 0.1) is 5.82 Å². The molecule has 0 aromatic heterocycles. The molecule has 1 aromatic rings. The molecule has 0 saturated heterocycles. The Labute approximate surface area is 87.8 Å². The van der Waals surface area contributed by atoms with Crippen LogP contribution in [0.5, 0.6) is 5.75 Å². The van der Waals surface area contributed by atoms with E-state index in [0.29, 0.717) is 5.75 Å². The molecule has 0 heterocycles. The monoisotopic (exact) mass is 212 g/mol. The molecule has 0 bridgehead atoms. The molecule has 0 fully saturated rings. The summed E-state index contributed by atoms with van der Waals surface area (Å²) in [6, 6.07) is 5.52. The first-order chi connectivity index (χ1) is 7.13. The fourth-order valence-electron chi connectivity index (χ4n) is 1.04. The molecule has 0 radical (unpaired) electrons. The number of carbonyl (C=O) groups excluding carboxylic acids is 1. The Kier molecular flexibility index (Phi) is 4.24. The van der Waals surface area contributed by atoms with E-state index in [1.54, 1.807) is 6.92 Å². The number of hydrogen-bond acceptors (Lipinski definition) is 3. The topological polar surface area (TPSA) is 35.5 Å². The van der Waals surface area contributed by atoms with Gasteiger partial charge in [-0.2, -0.15) is 0 Å². The Bertz CT molecular complexity index is 321. The predicted octanol–water partition coefficient (Wildman–Crippen LogP) is 1.81. The van der Waals surface area contributed by atoms with Crippen LogP contribution < -0.4 is 4.74 Å². The van der Waals surface area contributed by atoms with Crippen molar-refractivity contribution in [1.82, 2.24) is 0 Å². The van der Waals surface area contributed by atoms with Crippen molar-refractivity contribution in [2.75, 3.05) is 13.7 Å². The summed E-state index contributed by atoms with van der Waals surface area (Å²) < 4.78 is 22.5. The lowest BCUT2D eigenvalue weighted by Crippen LogP contribution is -2.27. The normalized spacial score (nSPS) is 12.2. The van der Waals surface area contributed by atoms with E-state index >= 15 is 0 Å². The van der Waals surface area contributed by atoms with E-state index in [1.165, 1.54) is 31.4 Å². The van der Waals surface area contributed by atoms with Crippen molar-refractivity contribution >= 4 is 5.78 Å². The number of halogens is 1. The molecule has 0 aliphatic rings. The third kappa shape index (κ3) is 3.67. The lowest BCUT2D eigenvalue weighted by Gasteiger charge is -2.12. The third-order valence-electron chi connectivity index (χ3n) is 1.87. The summed E-state index contributed by atoms with van der Waals surface area (Å²) in [6.45, 7) is 1.65. The van der Waals surface area contributed by atoms with E-state index in [4.69, 9.17) is 9.47 Å². The highest BCUT2D eigenvalue weighted by molar-refractivity contribution is 5.84. The van der Waals surface area contributed by atoms with Crippen LogP contribution in [0.15, 0.2) is 24.3 Å². The molecule has 0 unspecified atom stereocenters. The molecule has 1 rings (SSSR count). The average molecular weight is 212 g/mol. The van der Waals surface area contributed by atoms with Crippen molar-refractivity contribution in [2.45, 2.75) is 13.0 Å². The Morgan fingerprint density at radius 2 is 2.00 bits per heavy atom. The number of hydrogen-bond donors (Lipinski definition) is 0. The molecule has 1 atom stereocenters. The smallest absolute Gasteiger partial charge is 0.198 e. The second-order valence-corrected chi connectivity index (χ2v) is 3.11. The second-order valence-electron chi connectivity index (χ2n) is 3.11. The van der Waals surface area contributed by atoms with Crippen LogP contribution in [0.4, 0.5) is 4.39 Å². The standard InChI is InChI=1S/C11H13FO3/c1-8(11(13)7-14-2)15-10-5-3-9(12)4-6-10/h3-6,8H,7H2,1-2H3/t8-/m1/s1. The number of rotatable bonds is 5. The van der Waals surface area contributed by atoms with Crippen LogP contribution in [0.3, 0.4) is 0 Å². The van der Waals surface area contributed by atoms with Gasteiger partial charge in [-0.15, -0.1) is 0 Å². The van der Waals surface area contributed by atoms with Gasteiger partial charge in [0.25, 0.3) is 0 Å². The van der Waals surface area contributed by atoms with Gasteiger partial charge in [-0.1, -0.05) is 0 Å². The first-order valence-corrected chi connectivity index (χ1v) is 4.57. The molecule has 0 saturated carbocycles. The van der Waals surface area contributed by atoms with Crippen LogP contribution in [-0.2, 0) is 9.53 Å². The van der Waals surface area contributed by atoms with Gasteiger partial charge >= 0.3 is 0 Å². The summed E-state index contributed by atoms with van der Waals surface area (Å²) in [7, 11) is 1.45. The van der Waals surface area contributed by atoms with Gasteiger partial charge in [0.05, 0.1) is 0 Å². The molecule has 0 amide bonds. The molecule has 0 aliphatic carbocycles. The van der Waals surface area contributed by atoms with Gasteiger partial charge in [-0.25, -0.2) is 4.39 Å². The van der Waals surface area contributed by atoms with Crippen LogP contribution in [-0.4, -0.2) is 25.6 Å². The zero-order chi connectivity index (χ0) is 11.3. The molecule has 3 nitrogen and oxygen atoms in total. The van der Waals surface area contributed by atoms with Crippen LogP contribution in [0.25, 0.3) is 0 Å². The van der Waals surface area contributed by atoms with Crippen LogP contribution in [0.1, 0.15) is 6.92 Å². The zero-order valence-electron chi connectivity index (χ0n) is 8.70. The molecule has 82 valence electrons. The third-order valence-corrected chi connectivity index (χ3v) is 1.87. The van der Waals surface area contributed by atoms with Crippen LogP contribution >= 0.6 is 0 Å². The fraction of sp³-hybridized carbons (Fsp3) is 0.364. The summed E-state index contributed by atoms with van der Waals surface area (Å²) in [5.74, 6) is -0.0200. The predicted molar refractivity (Wildman–Crippen MR) is 53.4 cm³/mol. The fourth-order valence-corrected chi connectivity index (χ4v) is 1.04. The second kappa shape index (κ2) is 5.46. The maximum atomic E-state index is 12.6. The molecule has 15 heavy (non-hydrogen) atoms. The van der Waals surface area contributed by atoms with Gasteiger partial charge < -0.3 is 9.47 Å². The molecular formula is C11H13FO3. The summed E-state index contributed by atoms with van der Waals surface area (Å²) in [6.07, 6.45) is -0.588. The molecule has 0 N–H and O–H groups in total. The van der Waals surface area contributed by atoms with Gasteiger partial charge in [0.15, 0.2) is 11.9 Å². The van der Waals surface area contributed by atoms with Crippen molar-refractivity contribution in [3.63, 3.8) is 0 Å². The maximum Gasteiger partial charge on any atom is 0.198 e. The SMILES string of the molecule is COCC(=O)[C@@H](C)Oc1ccc(F)cc1. The summed E-state index contributed by atoms with van der Waals surface area (Å²) >= 11 is 0. The number of methoxy groups -OCH3 is 1. The molecule has 0 aliphatic heterocycles. The molecule has 4 heteroatoms. The van der Waals surface area contributed by atoms with Crippen molar-refractivity contribution < 1.29 is 18.7 Å². The Hall–Kier alpha value is -1.42. The van der Waals surface area contributed by atoms with Crippen molar-refractivity contribution in [1.29, 1.82) is 0 Å². The number of ether oxygens (including phenoxy) is 2. The van der Waals surface area contributed by atoms with E-state index in [9.17, 15) is 9.18 Å². The number of Topliss-reactive ketones (excluding diaryl/α,β-unsaturated/α-hetero) is 1. The zero-order valence-corrected chi connectivity index (χ0v) is 8.70. The van der Waals surface area contributed by atoms with Crippen molar-refractivity contribution in [3.05, 3.63) is 30.1 Å². The van der Waals surface area contributed by atoms with Gasteiger partial charge in [0.1, 0.15) is 18.2 Å². The van der Waals surface area contributed by atoms with E-state index < -0.39 is 6.10 Å². The minimum atomic E-state index is -0.588. The average Bonchev–Trinajstić information content (AvgIpc) is 2.22. The summed E-state index contributed by atoms with van der Waals surface area (Å²) in [5.41, 5.74) is 0.